The second-order valence-corrected chi connectivity index (χ2v) is 11.0. The Balaban J connectivity index is 1.43. The Hall–Kier alpha value is -3.32. The Kier molecular flexibility index (Phi) is 6.02. The number of hydrazone groups is 1. The smallest absolute Gasteiger partial charge is 0.367 e. The SMILES string of the molecule is CC1=NN(c2ccc(Cl)cc2)C(=O)[C@]12Cc1cc(C(F)(F)F)ccc1N1CC[C@H](Cc3ccccc3)C[C@@H]12. The molecule has 3 aliphatic heterocycles. The average Bonchev–Trinajstić information content (AvgIpc) is 3.14. The van der Waals surface area contributed by atoms with Gasteiger partial charge in [-0.05, 0) is 92.1 Å². The van der Waals surface area contributed by atoms with Crippen LogP contribution in [0.15, 0.2) is 77.9 Å². The van der Waals surface area contributed by atoms with E-state index in [0.29, 0.717) is 34.4 Å². The van der Waals surface area contributed by atoms with Crippen molar-refractivity contribution in [2.45, 2.75) is 44.8 Å². The van der Waals surface area contributed by atoms with Crippen LogP contribution in [0.2, 0.25) is 5.02 Å². The summed E-state index contributed by atoms with van der Waals surface area (Å²) in [5, 5.41) is 6.65. The maximum absolute atomic E-state index is 14.3. The van der Waals surface area contributed by atoms with E-state index in [1.807, 2.05) is 25.1 Å². The van der Waals surface area contributed by atoms with Crippen LogP contribution in [-0.2, 0) is 23.8 Å². The first-order valence-electron chi connectivity index (χ1n) is 12.8. The van der Waals surface area contributed by atoms with E-state index in [1.165, 1.54) is 16.6 Å². The standard InChI is InChI=1S/C30H27ClF3N3O/c1-19-29(28(38)37(35-19)25-10-8-24(31)9-11-25)18-22-17-23(30(32,33)34)7-12-26(22)36-14-13-21(16-27(29)36)15-20-5-3-2-4-6-20/h2-12,17,21,27H,13-16,18H2,1H3/t21-,27-,29-/m1/s1. The lowest BCUT2D eigenvalue weighted by Gasteiger charge is -2.52. The van der Waals surface area contributed by atoms with Crippen molar-refractivity contribution >= 4 is 34.6 Å². The predicted octanol–water partition coefficient (Wildman–Crippen LogP) is 7.15. The third kappa shape index (κ3) is 4.08. The maximum atomic E-state index is 14.3. The molecule has 4 nitrogen and oxygen atoms in total. The molecular weight excluding hydrogens is 511 g/mol. The van der Waals surface area contributed by atoms with Gasteiger partial charge in [-0.15, -0.1) is 0 Å². The number of carbonyl (C=O) groups is 1. The molecule has 0 N–H and O–H groups in total. The number of benzene rings is 3. The van der Waals surface area contributed by atoms with Crippen molar-refractivity contribution in [2.24, 2.45) is 16.4 Å². The highest BCUT2D eigenvalue weighted by molar-refractivity contribution is 6.30. The Morgan fingerprint density at radius 1 is 1.05 bits per heavy atom. The number of hydrogen-bond acceptors (Lipinski definition) is 3. The first-order chi connectivity index (χ1) is 18.2. The van der Waals surface area contributed by atoms with Crippen LogP contribution in [0.25, 0.3) is 0 Å². The molecular formula is C30H27ClF3N3O. The largest absolute Gasteiger partial charge is 0.416 e. The highest BCUT2D eigenvalue weighted by atomic mass is 35.5. The van der Waals surface area contributed by atoms with Gasteiger partial charge in [0.25, 0.3) is 5.91 Å². The number of fused-ring (bicyclic) bond motifs is 4. The highest BCUT2D eigenvalue weighted by Crippen LogP contribution is 2.51. The molecule has 0 aliphatic carbocycles. The summed E-state index contributed by atoms with van der Waals surface area (Å²) < 4.78 is 41.0. The van der Waals surface area contributed by atoms with Gasteiger partial charge in [-0.3, -0.25) is 4.79 Å². The Bertz CT molecular complexity index is 1410. The molecule has 0 radical (unpaired) electrons. The number of piperidine rings is 1. The fraction of sp³-hybridized carbons (Fsp3) is 0.333. The normalized spacial score (nSPS) is 24.9. The summed E-state index contributed by atoms with van der Waals surface area (Å²) in [4.78, 5) is 16.5. The second kappa shape index (κ2) is 9.16. The zero-order valence-electron chi connectivity index (χ0n) is 20.9. The van der Waals surface area contributed by atoms with E-state index in [-0.39, 0.29) is 18.4 Å². The van der Waals surface area contributed by atoms with E-state index >= 15 is 0 Å². The zero-order valence-corrected chi connectivity index (χ0v) is 21.6. The molecule has 0 aromatic heterocycles. The number of alkyl halides is 3. The van der Waals surface area contributed by atoms with Crippen LogP contribution in [0.1, 0.15) is 36.5 Å². The number of hydrogen-bond donors (Lipinski definition) is 0. The monoisotopic (exact) mass is 537 g/mol. The second-order valence-electron chi connectivity index (χ2n) is 10.6. The summed E-state index contributed by atoms with van der Waals surface area (Å²) >= 11 is 6.07. The lowest BCUT2D eigenvalue weighted by atomic mass is 9.63. The Labute approximate surface area is 224 Å². The van der Waals surface area contributed by atoms with Crippen molar-refractivity contribution in [1.82, 2.24) is 0 Å². The van der Waals surface area contributed by atoms with E-state index in [2.05, 4.69) is 17.0 Å². The minimum Gasteiger partial charge on any atom is -0.367 e. The zero-order chi connectivity index (χ0) is 26.7. The van der Waals surface area contributed by atoms with Crippen molar-refractivity contribution < 1.29 is 18.0 Å². The third-order valence-electron chi connectivity index (χ3n) is 8.37. The Morgan fingerprint density at radius 3 is 2.50 bits per heavy atom. The fourth-order valence-electron chi connectivity index (χ4n) is 6.50. The summed E-state index contributed by atoms with van der Waals surface area (Å²) in [5.74, 6) is 0.146. The van der Waals surface area contributed by atoms with E-state index in [0.717, 1.165) is 31.0 Å². The van der Waals surface area contributed by atoms with Crippen LogP contribution < -0.4 is 9.91 Å². The van der Waals surface area contributed by atoms with Crippen LogP contribution in [-0.4, -0.2) is 24.2 Å². The quantitative estimate of drug-likeness (QED) is 0.355. The topological polar surface area (TPSA) is 35.9 Å². The van der Waals surface area contributed by atoms with Gasteiger partial charge in [0.2, 0.25) is 0 Å². The number of amides is 1. The van der Waals surface area contributed by atoms with Gasteiger partial charge in [-0.2, -0.15) is 23.3 Å². The van der Waals surface area contributed by atoms with Crippen molar-refractivity contribution in [1.29, 1.82) is 0 Å². The molecule has 3 aliphatic rings. The first kappa shape index (κ1) is 25.0. The van der Waals surface area contributed by atoms with Crippen molar-refractivity contribution in [2.75, 3.05) is 16.5 Å². The van der Waals surface area contributed by atoms with Crippen LogP contribution >= 0.6 is 11.6 Å². The molecule has 38 heavy (non-hydrogen) atoms. The Morgan fingerprint density at radius 2 is 1.79 bits per heavy atom. The van der Waals surface area contributed by atoms with Gasteiger partial charge in [0.1, 0.15) is 5.41 Å². The molecule has 1 saturated heterocycles. The predicted molar refractivity (Wildman–Crippen MR) is 144 cm³/mol. The maximum Gasteiger partial charge on any atom is 0.416 e. The van der Waals surface area contributed by atoms with Crippen molar-refractivity contribution in [3.05, 3.63) is 94.5 Å². The lowest BCUT2D eigenvalue weighted by Crippen LogP contribution is -2.62. The minimum atomic E-state index is -4.46. The number of carbonyl (C=O) groups excluding carboxylic acids is 1. The minimum absolute atomic E-state index is 0.184. The molecule has 0 unspecified atom stereocenters. The van der Waals surface area contributed by atoms with Crippen LogP contribution in [0.4, 0.5) is 24.5 Å². The lowest BCUT2D eigenvalue weighted by molar-refractivity contribution is -0.137. The molecule has 3 heterocycles. The molecule has 8 heteroatoms. The fourth-order valence-corrected chi connectivity index (χ4v) is 6.63. The third-order valence-corrected chi connectivity index (χ3v) is 8.63. The van der Waals surface area contributed by atoms with Crippen LogP contribution in [0.3, 0.4) is 0 Å². The molecule has 0 saturated carbocycles. The van der Waals surface area contributed by atoms with E-state index in [1.54, 1.807) is 30.3 Å². The van der Waals surface area contributed by atoms with Gasteiger partial charge >= 0.3 is 6.18 Å². The van der Waals surface area contributed by atoms with Gasteiger partial charge in [0.15, 0.2) is 0 Å². The summed E-state index contributed by atoms with van der Waals surface area (Å²) in [5.41, 5.74) is 2.06. The van der Waals surface area contributed by atoms with Crippen molar-refractivity contribution in [3.63, 3.8) is 0 Å². The van der Waals surface area contributed by atoms with E-state index < -0.39 is 17.2 Å². The molecule has 1 fully saturated rings. The van der Waals surface area contributed by atoms with Crippen LogP contribution in [0, 0.1) is 11.3 Å². The number of anilines is 2. The van der Waals surface area contributed by atoms with Gasteiger partial charge < -0.3 is 4.90 Å². The van der Waals surface area contributed by atoms with Gasteiger partial charge in [-0.25, -0.2) is 0 Å². The number of rotatable bonds is 3. The molecule has 1 spiro atoms. The van der Waals surface area contributed by atoms with Gasteiger partial charge in [0, 0.05) is 23.3 Å². The summed E-state index contributed by atoms with van der Waals surface area (Å²) in [6.45, 7) is 2.51. The van der Waals surface area contributed by atoms with Gasteiger partial charge in [0.05, 0.1) is 17.0 Å². The number of nitrogens with zero attached hydrogens (tertiary/aromatic N) is 3. The average molecular weight is 538 g/mol. The molecule has 3 aromatic rings. The van der Waals surface area contributed by atoms with Crippen LogP contribution in [0.5, 0.6) is 0 Å². The molecule has 1 amide bonds. The summed E-state index contributed by atoms with van der Waals surface area (Å²) in [6.07, 6.45) is -1.73. The summed E-state index contributed by atoms with van der Waals surface area (Å²) in [7, 11) is 0. The molecule has 3 atom stereocenters. The van der Waals surface area contributed by atoms with E-state index in [4.69, 9.17) is 16.7 Å². The summed E-state index contributed by atoms with van der Waals surface area (Å²) in [6, 6.07) is 20.9. The highest BCUT2D eigenvalue weighted by Gasteiger charge is 2.60. The molecule has 6 rings (SSSR count). The van der Waals surface area contributed by atoms with Gasteiger partial charge in [-0.1, -0.05) is 41.9 Å². The first-order valence-corrected chi connectivity index (χ1v) is 13.2. The van der Waals surface area contributed by atoms with E-state index in [9.17, 15) is 18.0 Å². The molecule has 196 valence electrons. The molecule has 0 bridgehead atoms. The number of halogens is 4. The van der Waals surface area contributed by atoms with Crippen molar-refractivity contribution in [3.8, 4) is 0 Å². The molecule has 3 aromatic carbocycles.